The smallest absolute Gasteiger partial charge is 0.345 e. The van der Waals surface area contributed by atoms with Gasteiger partial charge in [0, 0.05) is 31.1 Å². The number of para-hydroxylation sites is 1. The average Bonchev–Trinajstić information content (AvgIpc) is 2.79. The highest BCUT2D eigenvalue weighted by molar-refractivity contribution is 5.79. The van der Waals surface area contributed by atoms with Crippen LogP contribution in [0.15, 0.2) is 29.1 Å². The van der Waals surface area contributed by atoms with E-state index in [2.05, 4.69) is 24.3 Å². The van der Waals surface area contributed by atoms with Gasteiger partial charge in [0.05, 0.1) is 6.42 Å². The predicted octanol–water partition coefficient (Wildman–Crippen LogP) is 1.86. The number of fused-ring (bicyclic) bond motifs is 1. The maximum atomic E-state index is 12.5. The van der Waals surface area contributed by atoms with Crippen LogP contribution in [0.5, 0.6) is 5.75 Å². The molecule has 7 nitrogen and oxygen atoms in total. The first-order valence-corrected chi connectivity index (χ1v) is 9.66. The summed E-state index contributed by atoms with van der Waals surface area (Å²) in [6, 6.07) is 6.87. The summed E-state index contributed by atoms with van der Waals surface area (Å²) in [4.78, 5) is 24.9. The van der Waals surface area contributed by atoms with Crippen molar-refractivity contribution >= 4 is 5.91 Å². The zero-order chi connectivity index (χ0) is 19.4. The number of hydrogen-bond donors (Lipinski definition) is 2. The SMILES string of the molecule is CC(C)CCn1nc2n(c1=O)CCC(NC(=O)Cc1ccccc1O)CC2. The zero-order valence-electron chi connectivity index (χ0n) is 16.0. The lowest BCUT2D eigenvalue weighted by Crippen LogP contribution is -2.36. The fraction of sp³-hybridized carbons (Fsp3) is 0.550. The molecule has 27 heavy (non-hydrogen) atoms. The largest absolute Gasteiger partial charge is 0.508 e. The topological polar surface area (TPSA) is 89.2 Å². The molecule has 7 heteroatoms. The van der Waals surface area contributed by atoms with E-state index in [1.807, 2.05) is 0 Å². The molecule has 1 aromatic heterocycles. The van der Waals surface area contributed by atoms with Gasteiger partial charge in [-0.15, -0.1) is 0 Å². The number of phenols is 1. The Morgan fingerprint density at radius 3 is 2.85 bits per heavy atom. The van der Waals surface area contributed by atoms with Gasteiger partial charge in [0.1, 0.15) is 11.6 Å². The Kier molecular flexibility index (Phi) is 5.98. The maximum absolute atomic E-state index is 12.5. The molecule has 1 unspecified atom stereocenters. The molecule has 0 spiro atoms. The summed E-state index contributed by atoms with van der Waals surface area (Å²) >= 11 is 0. The molecule has 1 aliphatic heterocycles. The van der Waals surface area contributed by atoms with Gasteiger partial charge in [0.25, 0.3) is 0 Å². The van der Waals surface area contributed by atoms with Gasteiger partial charge in [-0.1, -0.05) is 32.0 Å². The Hall–Kier alpha value is -2.57. The molecule has 0 saturated heterocycles. The van der Waals surface area contributed by atoms with Crippen LogP contribution in [0.4, 0.5) is 0 Å². The van der Waals surface area contributed by atoms with Gasteiger partial charge in [0.15, 0.2) is 0 Å². The van der Waals surface area contributed by atoms with E-state index in [1.54, 1.807) is 33.5 Å². The molecular weight excluding hydrogens is 344 g/mol. The van der Waals surface area contributed by atoms with Crippen LogP contribution in [0.3, 0.4) is 0 Å². The fourth-order valence-corrected chi connectivity index (χ4v) is 3.41. The number of carbonyl (C=O) groups is 1. The standard InChI is InChI=1S/C20H28N4O3/c1-14(2)9-12-24-20(27)23-11-10-16(7-8-18(23)22-24)21-19(26)13-15-5-3-4-6-17(15)25/h3-6,14,16,25H,7-13H2,1-2H3,(H,21,26). The lowest BCUT2D eigenvalue weighted by atomic mass is 10.1. The van der Waals surface area contributed by atoms with Crippen LogP contribution in [0.25, 0.3) is 0 Å². The summed E-state index contributed by atoms with van der Waals surface area (Å²) in [6.45, 7) is 5.48. The molecule has 0 radical (unpaired) electrons. The van der Waals surface area contributed by atoms with E-state index in [4.69, 9.17) is 0 Å². The Balaban J connectivity index is 1.58. The van der Waals surface area contributed by atoms with Crippen molar-refractivity contribution in [2.24, 2.45) is 5.92 Å². The normalized spacial score (nSPS) is 16.8. The zero-order valence-corrected chi connectivity index (χ0v) is 16.0. The number of benzene rings is 1. The van der Waals surface area contributed by atoms with Gasteiger partial charge in [0.2, 0.25) is 5.91 Å². The minimum absolute atomic E-state index is 0.00793. The Labute approximate surface area is 159 Å². The number of amides is 1. The quantitative estimate of drug-likeness (QED) is 0.810. The molecule has 1 aromatic carbocycles. The highest BCUT2D eigenvalue weighted by Crippen LogP contribution is 2.17. The molecule has 146 valence electrons. The lowest BCUT2D eigenvalue weighted by Gasteiger charge is -2.16. The third kappa shape index (κ3) is 4.78. The van der Waals surface area contributed by atoms with E-state index in [9.17, 15) is 14.7 Å². The minimum atomic E-state index is -0.115. The highest BCUT2D eigenvalue weighted by Gasteiger charge is 2.22. The van der Waals surface area contributed by atoms with Crippen LogP contribution in [-0.2, 0) is 30.7 Å². The molecule has 1 atom stereocenters. The molecule has 0 saturated carbocycles. The number of carbonyl (C=O) groups excluding carboxylic acids is 1. The van der Waals surface area contributed by atoms with Gasteiger partial charge < -0.3 is 10.4 Å². The second kappa shape index (κ2) is 8.41. The van der Waals surface area contributed by atoms with Crippen molar-refractivity contribution in [1.29, 1.82) is 0 Å². The Bertz CT molecular complexity index is 853. The van der Waals surface area contributed by atoms with E-state index in [-0.39, 0.29) is 29.8 Å². The third-order valence-corrected chi connectivity index (χ3v) is 5.04. The molecule has 0 fully saturated rings. The van der Waals surface area contributed by atoms with Crippen LogP contribution in [0, 0.1) is 5.92 Å². The maximum Gasteiger partial charge on any atom is 0.345 e. The van der Waals surface area contributed by atoms with Crippen LogP contribution in [0.2, 0.25) is 0 Å². The van der Waals surface area contributed by atoms with Crippen molar-refractivity contribution in [3.8, 4) is 5.75 Å². The van der Waals surface area contributed by atoms with Crippen LogP contribution < -0.4 is 11.0 Å². The molecule has 0 bridgehead atoms. The number of aromatic hydroxyl groups is 1. The highest BCUT2D eigenvalue weighted by atomic mass is 16.3. The molecule has 1 amide bonds. The Morgan fingerprint density at radius 1 is 1.33 bits per heavy atom. The first kappa shape index (κ1) is 19.2. The summed E-state index contributed by atoms with van der Waals surface area (Å²) in [5.74, 6) is 1.36. The van der Waals surface area contributed by atoms with Gasteiger partial charge in [-0.05, 0) is 31.2 Å². The van der Waals surface area contributed by atoms with Crippen molar-refractivity contribution < 1.29 is 9.90 Å². The van der Waals surface area contributed by atoms with E-state index >= 15 is 0 Å². The minimum Gasteiger partial charge on any atom is -0.508 e. The lowest BCUT2D eigenvalue weighted by molar-refractivity contribution is -0.121. The second-order valence-corrected chi connectivity index (χ2v) is 7.65. The van der Waals surface area contributed by atoms with Gasteiger partial charge in [-0.25, -0.2) is 9.48 Å². The summed E-state index contributed by atoms with van der Waals surface area (Å²) < 4.78 is 3.32. The first-order chi connectivity index (χ1) is 12.9. The van der Waals surface area contributed by atoms with E-state index < -0.39 is 0 Å². The van der Waals surface area contributed by atoms with E-state index in [1.165, 1.54) is 0 Å². The number of aromatic nitrogens is 3. The van der Waals surface area contributed by atoms with Gasteiger partial charge in [-0.3, -0.25) is 9.36 Å². The molecule has 2 heterocycles. The number of hydrogen-bond acceptors (Lipinski definition) is 4. The monoisotopic (exact) mass is 372 g/mol. The third-order valence-electron chi connectivity index (χ3n) is 5.04. The number of nitrogens with one attached hydrogen (secondary N) is 1. The Morgan fingerprint density at radius 2 is 2.11 bits per heavy atom. The van der Waals surface area contributed by atoms with Gasteiger partial charge >= 0.3 is 5.69 Å². The molecule has 2 aromatic rings. The second-order valence-electron chi connectivity index (χ2n) is 7.65. The fourth-order valence-electron chi connectivity index (χ4n) is 3.41. The molecule has 3 rings (SSSR count). The van der Waals surface area contributed by atoms with Crippen molar-refractivity contribution in [2.75, 3.05) is 0 Å². The van der Waals surface area contributed by atoms with Crippen LogP contribution in [-0.4, -0.2) is 31.4 Å². The van der Waals surface area contributed by atoms with E-state index in [0.717, 1.165) is 18.7 Å². The number of aryl methyl sites for hydroxylation is 2. The first-order valence-electron chi connectivity index (χ1n) is 9.66. The van der Waals surface area contributed by atoms with Crippen molar-refractivity contribution in [3.63, 3.8) is 0 Å². The molecular formula is C20H28N4O3. The van der Waals surface area contributed by atoms with Crippen LogP contribution >= 0.6 is 0 Å². The summed E-state index contributed by atoms with van der Waals surface area (Å²) in [7, 11) is 0. The van der Waals surface area contributed by atoms with Crippen LogP contribution in [0.1, 0.15) is 44.5 Å². The number of nitrogens with zero attached hydrogens (tertiary/aromatic N) is 3. The predicted molar refractivity (Wildman–Crippen MR) is 103 cm³/mol. The van der Waals surface area contributed by atoms with Crippen molar-refractivity contribution in [1.82, 2.24) is 19.7 Å². The number of rotatable bonds is 6. The van der Waals surface area contributed by atoms with Crippen molar-refractivity contribution in [3.05, 3.63) is 46.1 Å². The number of phenolic OH excluding ortho intramolecular Hbond substituents is 1. The van der Waals surface area contributed by atoms with E-state index in [0.29, 0.717) is 37.4 Å². The summed E-state index contributed by atoms with van der Waals surface area (Å²) in [5, 5.41) is 17.3. The molecule has 2 N–H and O–H groups in total. The van der Waals surface area contributed by atoms with Crippen molar-refractivity contribution in [2.45, 2.75) is 65.1 Å². The summed E-state index contributed by atoms with van der Waals surface area (Å²) in [6.07, 6.45) is 3.21. The summed E-state index contributed by atoms with van der Waals surface area (Å²) in [5.41, 5.74) is 0.566. The molecule has 0 aliphatic carbocycles. The van der Waals surface area contributed by atoms with Gasteiger partial charge in [-0.2, -0.15) is 5.10 Å². The average molecular weight is 372 g/mol. The molecule has 1 aliphatic rings.